The van der Waals surface area contributed by atoms with Gasteiger partial charge in [0, 0.05) is 12.6 Å². The van der Waals surface area contributed by atoms with Crippen LogP contribution in [0.4, 0.5) is 15.9 Å². The van der Waals surface area contributed by atoms with Crippen molar-refractivity contribution in [2.45, 2.75) is 33.4 Å². The molecule has 11 heteroatoms. The molecule has 2 heterocycles. The predicted octanol–water partition coefficient (Wildman–Crippen LogP) is 3.58. The summed E-state index contributed by atoms with van der Waals surface area (Å²) in [5.74, 6) is -0.249. The number of halogens is 2. The molecule has 0 bridgehead atoms. The highest BCUT2D eigenvalue weighted by atomic mass is 79.9. The van der Waals surface area contributed by atoms with E-state index in [1.807, 2.05) is 0 Å². The average Bonchev–Trinajstić information content (AvgIpc) is 3.13. The Morgan fingerprint density at radius 2 is 1.97 bits per heavy atom. The molecule has 2 aromatic heterocycles. The number of hydrogen-bond donors (Lipinski definition) is 1. The molecule has 0 saturated heterocycles. The number of amides is 1. The predicted molar refractivity (Wildman–Crippen MR) is 107 cm³/mol. The molecule has 0 saturated carbocycles. The van der Waals surface area contributed by atoms with Crippen molar-refractivity contribution in [1.29, 1.82) is 0 Å². The van der Waals surface area contributed by atoms with Gasteiger partial charge in [0.25, 0.3) is 0 Å². The Morgan fingerprint density at radius 1 is 1.28 bits per heavy atom. The van der Waals surface area contributed by atoms with Gasteiger partial charge in [0.15, 0.2) is 5.82 Å². The van der Waals surface area contributed by atoms with E-state index in [9.17, 15) is 19.3 Å². The first-order valence-electron chi connectivity index (χ1n) is 8.70. The Hall–Kier alpha value is -3.08. The molecule has 29 heavy (non-hydrogen) atoms. The second-order valence-electron chi connectivity index (χ2n) is 6.45. The van der Waals surface area contributed by atoms with Crippen molar-refractivity contribution >= 4 is 33.3 Å². The van der Waals surface area contributed by atoms with Gasteiger partial charge in [-0.2, -0.15) is 10.2 Å². The molecule has 9 nitrogen and oxygen atoms in total. The highest BCUT2D eigenvalue weighted by Crippen LogP contribution is 2.23. The molecular formula is C18H18BrFN6O3. The number of nitro groups is 1. The Labute approximate surface area is 173 Å². The van der Waals surface area contributed by atoms with Gasteiger partial charge in [-0.05, 0) is 47.5 Å². The number of hydrogen-bond acceptors (Lipinski definition) is 5. The summed E-state index contributed by atoms with van der Waals surface area (Å²) < 4.78 is 16.7. The lowest BCUT2D eigenvalue weighted by atomic mass is 10.2. The Morgan fingerprint density at radius 3 is 2.59 bits per heavy atom. The Kier molecular flexibility index (Phi) is 6.06. The largest absolute Gasteiger partial charge is 0.312 e. The monoisotopic (exact) mass is 464 g/mol. The van der Waals surface area contributed by atoms with E-state index in [4.69, 9.17) is 0 Å². The lowest BCUT2D eigenvalue weighted by molar-refractivity contribution is -0.386. The molecule has 0 radical (unpaired) electrons. The maximum Gasteiger partial charge on any atom is 0.312 e. The van der Waals surface area contributed by atoms with Gasteiger partial charge in [-0.25, -0.2) is 4.39 Å². The molecule has 0 aliphatic rings. The van der Waals surface area contributed by atoms with Crippen LogP contribution in [0.3, 0.4) is 0 Å². The van der Waals surface area contributed by atoms with E-state index < -0.39 is 4.92 Å². The van der Waals surface area contributed by atoms with E-state index in [1.165, 1.54) is 16.8 Å². The van der Waals surface area contributed by atoms with Crippen LogP contribution in [0.5, 0.6) is 0 Å². The minimum atomic E-state index is -0.473. The van der Waals surface area contributed by atoms with E-state index in [0.717, 1.165) is 5.56 Å². The zero-order chi connectivity index (χ0) is 21.1. The third-order valence-corrected chi connectivity index (χ3v) is 4.89. The fourth-order valence-electron chi connectivity index (χ4n) is 2.91. The number of anilines is 1. The number of carbonyl (C=O) groups excluding carboxylic acids is 1. The quantitative estimate of drug-likeness (QED) is 0.424. The maximum atomic E-state index is 13.0. The molecule has 0 aliphatic carbocycles. The normalized spacial score (nSPS) is 10.9. The van der Waals surface area contributed by atoms with Gasteiger partial charge in [0.1, 0.15) is 17.2 Å². The highest BCUT2D eigenvalue weighted by Gasteiger charge is 2.22. The molecule has 0 fully saturated rings. The number of nitrogens with zero attached hydrogens (tertiary/aromatic N) is 5. The molecule has 0 unspecified atom stereocenters. The topological polar surface area (TPSA) is 108 Å². The number of carbonyl (C=O) groups is 1. The van der Waals surface area contributed by atoms with E-state index in [0.29, 0.717) is 28.2 Å². The number of rotatable bonds is 7. The standard InChI is InChI=1S/C18H18BrFN6O3/c1-11-17(26(28)29)12(2)25(22-11)8-7-16(27)21-18-15(19)10-24(23-18)9-13-3-5-14(20)6-4-13/h3-6,10H,7-9H2,1-2H3,(H,21,23,27). The van der Waals surface area contributed by atoms with Gasteiger partial charge in [0.2, 0.25) is 5.91 Å². The number of nitrogens with one attached hydrogen (secondary N) is 1. The zero-order valence-corrected chi connectivity index (χ0v) is 17.3. The first-order chi connectivity index (χ1) is 13.7. The average molecular weight is 465 g/mol. The summed E-state index contributed by atoms with van der Waals surface area (Å²) in [5, 5.41) is 22.2. The maximum absolute atomic E-state index is 13.0. The number of aromatic nitrogens is 4. The van der Waals surface area contributed by atoms with Gasteiger partial charge < -0.3 is 5.32 Å². The fourth-order valence-corrected chi connectivity index (χ4v) is 3.33. The first-order valence-corrected chi connectivity index (χ1v) is 9.49. The van der Waals surface area contributed by atoms with Gasteiger partial charge >= 0.3 is 5.69 Å². The minimum absolute atomic E-state index is 0.0345. The number of aryl methyl sites for hydroxylation is 2. The van der Waals surface area contributed by atoms with Crippen molar-refractivity contribution < 1.29 is 14.1 Å². The van der Waals surface area contributed by atoms with Crippen molar-refractivity contribution in [3.8, 4) is 0 Å². The van der Waals surface area contributed by atoms with Crippen molar-refractivity contribution in [1.82, 2.24) is 19.6 Å². The lowest BCUT2D eigenvalue weighted by Gasteiger charge is -2.05. The zero-order valence-electron chi connectivity index (χ0n) is 15.7. The Balaban J connectivity index is 1.61. The summed E-state index contributed by atoms with van der Waals surface area (Å²) in [4.78, 5) is 22.9. The number of benzene rings is 1. The fraction of sp³-hybridized carbons (Fsp3) is 0.278. The molecule has 1 amide bonds. The van der Waals surface area contributed by atoms with Crippen LogP contribution in [0.2, 0.25) is 0 Å². The second kappa shape index (κ2) is 8.52. The molecule has 1 aromatic carbocycles. The van der Waals surface area contributed by atoms with Crippen molar-refractivity contribution in [3.05, 3.63) is 67.8 Å². The van der Waals surface area contributed by atoms with Crippen LogP contribution in [0.25, 0.3) is 0 Å². The third kappa shape index (κ3) is 4.86. The molecule has 1 N–H and O–H groups in total. The van der Waals surface area contributed by atoms with Crippen LogP contribution in [-0.2, 0) is 17.9 Å². The Bertz CT molecular complexity index is 1060. The van der Waals surface area contributed by atoms with E-state index in [2.05, 4.69) is 31.4 Å². The third-order valence-electron chi connectivity index (χ3n) is 4.31. The molecular weight excluding hydrogens is 447 g/mol. The summed E-state index contributed by atoms with van der Waals surface area (Å²) in [6, 6.07) is 6.08. The summed E-state index contributed by atoms with van der Waals surface area (Å²) >= 11 is 3.36. The van der Waals surface area contributed by atoms with Crippen LogP contribution in [-0.4, -0.2) is 30.4 Å². The van der Waals surface area contributed by atoms with E-state index in [-0.39, 0.29) is 30.4 Å². The molecule has 0 aliphatic heterocycles. The molecule has 3 rings (SSSR count). The molecule has 3 aromatic rings. The molecule has 0 atom stereocenters. The van der Waals surface area contributed by atoms with Crippen molar-refractivity contribution in [2.75, 3.05) is 5.32 Å². The second-order valence-corrected chi connectivity index (χ2v) is 7.30. The SMILES string of the molecule is Cc1nn(CCC(=O)Nc2nn(Cc3ccc(F)cc3)cc2Br)c(C)c1[N+](=O)[O-]. The van der Waals surface area contributed by atoms with Crippen molar-refractivity contribution in [3.63, 3.8) is 0 Å². The summed E-state index contributed by atoms with van der Waals surface area (Å²) in [7, 11) is 0. The van der Waals surface area contributed by atoms with Crippen LogP contribution in [0.15, 0.2) is 34.9 Å². The summed E-state index contributed by atoms with van der Waals surface area (Å²) in [5.41, 5.74) is 1.55. The van der Waals surface area contributed by atoms with Crippen LogP contribution in [0, 0.1) is 29.8 Å². The van der Waals surface area contributed by atoms with Crippen molar-refractivity contribution in [2.24, 2.45) is 0 Å². The summed E-state index contributed by atoms with van der Waals surface area (Å²) in [6.07, 6.45) is 1.79. The van der Waals surface area contributed by atoms with E-state index >= 15 is 0 Å². The van der Waals surface area contributed by atoms with Gasteiger partial charge in [-0.3, -0.25) is 24.3 Å². The van der Waals surface area contributed by atoms with Crippen LogP contribution >= 0.6 is 15.9 Å². The minimum Gasteiger partial charge on any atom is -0.308 e. The highest BCUT2D eigenvalue weighted by molar-refractivity contribution is 9.10. The van der Waals surface area contributed by atoms with Crippen LogP contribution < -0.4 is 5.32 Å². The van der Waals surface area contributed by atoms with E-state index in [1.54, 1.807) is 36.9 Å². The van der Waals surface area contributed by atoms with Gasteiger partial charge in [-0.15, -0.1) is 0 Å². The first kappa shape index (κ1) is 20.6. The van der Waals surface area contributed by atoms with Gasteiger partial charge in [-0.1, -0.05) is 12.1 Å². The van der Waals surface area contributed by atoms with Gasteiger partial charge in [0.05, 0.1) is 22.5 Å². The molecule has 0 spiro atoms. The summed E-state index contributed by atoms with van der Waals surface area (Å²) in [6.45, 7) is 3.79. The van der Waals surface area contributed by atoms with Crippen LogP contribution in [0.1, 0.15) is 23.4 Å². The lowest BCUT2D eigenvalue weighted by Crippen LogP contribution is -2.16. The smallest absolute Gasteiger partial charge is 0.308 e. The molecule has 152 valence electrons.